The maximum absolute atomic E-state index is 10.6. The Morgan fingerprint density at radius 1 is 1.50 bits per heavy atom. The molecule has 5 heteroatoms. The van der Waals surface area contributed by atoms with Gasteiger partial charge in [0.1, 0.15) is 0 Å². The first-order valence-corrected chi connectivity index (χ1v) is 5.16. The van der Waals surface area contributed by atoms with Gasteiger partial charge in [-0.3, -0.25) is 4.31 Å². The lowest BCUT2D eigenvalue weighted by Crippen LogP contribution is -2.28. The average Bonchev–Trinajstić information content (AvgIpc) is 2.12. The molecule has 0 aromatic carbocycles. The number of primary amides is 1. The third-order valence-electron chi connectivity index (χ3n) is 2.16. The lowest BCUT2D eigenvalue weighted by Gasteiger charge is -2.21. The molecule has 0 saturated carbocycles. The van der Waals surface area contributed by atoms with E-state index in [9.17, 15) is 4.79 Å². The van der Waals surface area contributed by atoms with Gasteiger partial charge < -0.3 is 10.8 Å². The number of hydrogen-bond donors (Lipinski definition) is 3. The van der Waals surface area contributed by atoms with Crippen LogP contribution in [-0.4, -0.2) is 28.6 Å². The number of amides is 2. The molecule has 14 heavy (non-hydrogen) atoms. The molecule has 0 spiro atoms. The molecule has 0 bridgehead atoms. The van der Waals surface area contributed by atoms with Crippen molar-refractivity contribution in [2.75, 3.05) is 13.2 Å². The highest BCUT2D eigenvalue weighted by Crippen LogP contribution is 2.22. The van der Waals surface area contributed by atoms with E-state index in [2.05, 4.69) is 12.8 Å². The van der Waals surface area contributed by atoms with Crippen LogP contribution < -0.4 is 5.73 Å². The fourth-order valence-electron chi connectivity index (χ4n) is 1.05. The van der Waals surface area contributed by atoms with Crippen LogP contribution in [-0.2, 0) is 0 Å². The molecule has 0 saturated heterocycles. The van der Waals surface area contributed by atoms with E-state index in [4.69, 9.17) is 10.8 Å². The first-order valence-electron chi connectivity index (χ1n) is 4.76. The number of rotatable bonds is 6. The lowest BCUT2D eigenvalue weighted by molar-refractivity contribution is 0.147. The van der Waals surface area contributed by atoms with Gasteiger partial charge in [0.25, 0.3) is 0 Å². The highest BCUT2D eigenvalue weighted by atomic mass is 32.1. The minimum Gasteiger partial charge on any atom is -0.396 e. The van der Waals surface area contributed by atoms with Crippen molar-refractivity contribution in [3.05, 3.63) is 0 Å². The van der Waals surface area contributed by atoms with Gasteiger partial charge in [-0.2, -0.15) is 0 Å². The first kappa shape index (κ1) is 13.6. The second kappa shape index (κ2) is 6.14. The van der Waals surface area contributed by atoms with Crippen molar-refractivity contribution in [1.82, 2.24) is 4.31 Å². The maximum atomic E-state index is 10.6. The molecule has 0 aromatic heterocycles. The fourth-order valence-corrected chi connectivity index (χ4v) is 1.20. The Kier molecular flexibility index (Phi) is 5.95. The summed E-state index contributed by atoms with van der Waals surface area (Å²) in [4.78, 5) is 10.6. The quantitative estimate of drug-likeness (QED) is 0.468. The number of carbonyl (C=O) groups is 1. The molecule has 3 N–H and O–H groups in total. The van der Waals surface area contributed by atoms with Gasteiger partial charge in [0.15, 0.2) is 0 Å². The number of hydrogen-bond acceptors (Lipinski definition) is 3. The van der Waals surface area contributed by atoms with Crippen molar-refractivity contribution in [2.24, 2.45) is 11.1 Å². The number of nitrogens with two attached hydrogens (primary N) is 1. The molecule has 0 aromatic rings. The van der Waals surface area contributed by atoms with E-state index in [1.807, 2.05) is 13.8 Å². The van der Waals surface area contributed by atoms with Crippen LogP contribution in [0.2, 0.25) is 0 Å². The van der Waals surface area contributed by atoms with Gasteiger partial charge in [-0.15, -0.1) is 0 Å². The molecule has 0 aliphatic rings. The third-order valence-corrected chi connectivity index (χ3v) is 2.55. The van der Waals surface area contributed by atoms with Crippen LogP contribution >= 0.6 is 12.8 Å². The van der Waals surface area contributed by atoms with Crippen LogP contribution in [0.1, 0.15) is 33.1 Å². The number of unbranched alkanes of at least 4 members (excludes halogenated alkanes) is 1. The van der Waals surface area contributed by atoms with Gasteiger partial charge >= 0.3 is 6.03 Å². The molecule has 0 rings (SSSR count). The summed E-state index contributed by atoms with van der Waals surface area (Å²) in [5, 5.41) is 8.99. The molecule has 4 nitrogen and oxygen atoms in total. The molecule has 84 valence electrons. The minimum atomic E-state index is -0.519. The van der Waals surface area contributed by atoms with E-state index in [1.54, 1.807) is 0 Å². The van der Waals surface area contributed by atoms with Crippen molar-refractivity contribution in [2.45, 2.75) is 33.1 Å². The third kappa shape index (κ3) is 6.10. The first-order chi connectivity index (χ1) is 6.39. The summed E-state index contributed by atoms with van der Waals surface area (Å²) in [6.45, 7) is 4.77. The summed E-state index contributed by atoms with van der Waals surface area (Å²) in [7, 11) is 0. The Morgan fingerprint density at radius 3 is 2.50 bits per heavy atom. The van der Waals surface area contributed by atoms with Crippen LogP contribution in [0.5, 0.6) is 0 Å². The Bertz CT molecular complexity index is 186. The van der Waals surface area contributed by atoms with E-state index in [0.29, 0.717) is 6.54 Å². The smallest absolute Gasteiger partial charge is 0.324 e. The molecule has 0 heterocycles. The maximum Gasteiger partial charge on any atom is 0.324 e. The van der Waals surface area contributed by atoms with Gasteiger partial charge in [0.2, 0.25) is 0 Å². The molecule has 0 fully saturated rings. The molecule has 0 atom stereocenters. The fraction of sp³-hybridized carbons (Fsp3) is 0.889. The zero-order valence-corrected chi connectivity index (χ0v) is 9.76. The Hall–Kier alpha value is -0.420. The van der Waals surface area contributed by atoms with Gasteiger partial charge in [-0.1, -0.05) is 33.1 Å². The number of aliphatic hydroxyl groups is 1. The normalized spacial score (nSPS) is 11.4. The molecular formula is C9H20N2O2S. The van der Waals surface area contributed by atoms with Gasteiger partial charge in [0, 0.05) is 13.2 Å². The predicted molar refractivity (Wildman–Crippen MR) is 60.0 cm³/mol. The largest absolute Gasteiger partial charge is 0.396 e. The van der Waals surface area contributed by atoms with Gasteiger partial charge in [-0.05, 0) is 18.3 Å². The topological polar surface area (TPSA) is 66.6 Å². The lowest BCUT2D eigenvalue weighted by atomic mass is 9.88. The SMILES string of the molecule is CC(C)(CO)CCCCN(S)C(N)=O. The van der Waals surface area contributed by atoms with E-state index in [1.165, 1.54) is 4.31 Å². The Balaban J connectivity index is 3.52. The molecule has 0 radical (unpaired) electrons. The van der Waals surface area contributed by atoms with Gasteiger partial charge in [0.05, 0.1) is 0 Å². The van der Waals surface area contributed by atoms with E-state index in [0.717, 1.165) is 19.3 Å². The van der Waals surface area contributed by atoms with Crippen molar-refractivity contribution in [3.8, 4) is 0 Å². The second-order valence-electron chi connectivity index (χ2n) is 4.24. The summed E-state index contributed by atoms with van der Waals surface area (Å²) in [5.74, 6) is 0. The van der Waals surface area contributed by atoms with Gasteiger partial charge in [-0.25, -0.2) is 4.79 Å². The van der Waals surface area contributed by atoms with Crippen molar-refractivity contribution < 1.29 is 9.90 Å². The number of nitrogens with zero attached hydrogens (tertiary/aromatic N) is 1. The van der Waals surface area contributed by atoms with Crippen LogP contribution in [0.15, 0.2) is 0 Å². The summed E-state index contributed by atoms with van der Waals surface area (Å²) in [5.41, 5.74) is 4.97. The number of carbonyl (C=O) groups excluding carboxylic acids is 1. The Morgan fingerprint density at radius 2 is 2.07 bits per heavy atom. The standard InChI is InChI=1S/C9H20N2O2S/c1-9(2,7-12)5-3-4-6-11(14)8(10)13/h12,14H,3-7H2,1-2H3,(H2,10,13). The number of aliphatic hydroxyl groups excluding tert-OH is 1. The van der Waals surface area contributed by atoms with Crippen LogP contribution in [0.4, 0.5) is 4.79 Å². The molecule has 0 aliphatic carbocycles. The minimum absolute atomic E-state index is 0.0336. The summed E-state index contributed by atoms with van der Waals surface area (Å²) < 4.78 is 1.20. The monoisotopic (exact) mass is 220 g/mol. The summed E-state index contributed by atoms with van der Waals surface area (Å²) in [6, 6.07) is -0.519. The predicted octanol–water partition coefficient (Wildman–Crippen LogP) is 1.40. The van der Waals surface area contributed by atoms with Crippen molar-refractivity contribution in [3.63, 3.8) is 0 Å². The Labute approximate surface area is 91.0 Å². The van der Waals surface area contributed by atoms with Crippen molar-refractivity contribution >= 4 is 18.8 Å². The zero-order valence-electron chi connectivity index (χ0n) is 8.86. The van der Waals surface area contributed by atoms with E-state index >= 15 is 0 Å². The average molecular weight is 220 g/mol. The molecule has 2 amide bonds. The molecule has 0 aliphatic heterocycles. The number of thiol groups is 1. The van der Waals surface area contributed by atoms with Crippen LogP contribution in [0.25, 0.3) is 0 Å². The second-order valence-corrected chi connectivity index (χ2v) is 4.72. The van der Waals surface area contributed by atoms with E-state index in [-0.39, 0.29) is 12.0 Å². The van der Waals surface area contributed by atoms with Crippen LogP contribution in [0.3, 0.4) is 0 Å². The molecule has 0 unspecified atom stereocenters. The highest BCUT2D eigenvalue weighted by molar-refractivity contribution is 7.78. The van der Waals surface area contributed by atoms with E-state index < -0.39 is 6.03 Å². The van der Waals surface area contributed by atoms with Crippen LogP contribution in [0, 0.1) is 5.41 Å². The highest BCUT2D eigenvalue weighted by Gasteiger charge is 2.15. The summed E-state index contributed by atoms with van der Waals surface area (Å²) >= 11 is 3.90. The zero-order chi connectivity index (χ0) is 11.2. The van der Waals surface area contributed by atoms with Crippen molar-refractivity contribution in [1.29, 1.82) is 0 Å². The molecular weight excluding hydrogens is 200 g/mol. The summed E-state index contributed by atoms with van der Waals surface area (Å²) in [6.07, 6.45) is 2.75. The number of urea groups is 1.